The van der Waals surface area contributed by atoms with Crippen molar-refractivity contribution in [2.75, 3.05) is 0 Å². The molecular formula is C12H22N2. The molecule has 0 aromatic heterocycles. The molecule has 14 heavy (non-hydrogen) atoms. The van der Waals surface area contributed by atoms with Crippen LogP contribution in [0.1, 0.15) is 53.4 Å². The van der Waals surface area contributed by atoms with E-state index in [1.54, 1.807) is 0 Å². The van der Waals surface area contributed by atoms with E-state index >= 15 is 0 Å². The molecule has 1 aliphatic rings. The van der Waals surface area contributed by atoms with Gasteiger partial charge in [0.1, 0.15) is 0 Å². The molecule has 0 bridgehead atoms. The topological polar surface area (TPSA) is 24.7 Å². The van der Waals surface area contributed by atoms with E-state index in [2.05, 4.69) is 24.1 Å². The Balaban J connectivity index is 2.49. The highest BCUT2D eigenvalue weighted by atomic mass is 15.2. The normalized spacial score (nSPS) is 28.7. The van der Waals surface area contributed by atoms with Gasteiger partial charge < -0.3 is 0 Å². The highest BCUT2D eigenvalue weighted by molar-refractivity contribution is 5.86. The molecule has 0 aromatic carbocycles. The van der Waals surface area contributed by atoms with Gasteiger partial charge in [-0.15, -0.1) is 0 Å². The van der Waals surface area contributed by atoms with Crippen LogP contribution in [-0.2, 0) is 0 Å². The zero-order valence-corrected chi connectivity index (χ0v) is 9.88. The van der Waals surface area contributed by atoms with Crippen LogP contribution in [-0.4, -0.2) is 11.4 Å². The third kappa shape index (κ3) is 3.60. The lowest BCUT2D eigenvalue weighted by Gasteiger charge is -2.25. The minimum absolute atomic E-state index is 0.689. The van der Waals surface area contributed by atoms with Crippen molar-refractivity contribution >= 4 is 11.4 Å². The summed E-state index contributed by atoms with van der Waals surface area (Å²) in [4.78, 5) is 0. The summed E-state index contributed by atoms with van der Waals surface area (Å²) in [6, 6.07) is 0. The fourth-order valence-electron chi connectivity index (χ4n) is 1.94. The summed E-state index contributed by atoms with van der Waals surface area (Å²) in [5.41, 5.74) is 2.26. The third-order valence-corrected chi connectivity index (χ3v) is 3.01. The Bertz CT molecular complexity index is 229. The summed E-state index contributed by atoms with van der Waals surface area (Å²) in [6.07, 6.45) is 5.31. The first-order valence-electron chi connectivity index (χ1n) is 5.65. The van der Waals surface area contributed by atoms with E-state index in [1.807, 2.05) is 13.8 Å². The molecule has 0 atom stereocenters. The van der Waals surface area contributed by atoms with E-state index in [1.165, 1.54) is 31.4 Å². The van der Waals surface area contributed by atoms with E-state index in [4.69, 9.17) is 0 Å². The van der Waals surface area contributed by atoms with E-state index in [-0.39, 0.29) is 0 Å². The van der Waals surface area contributed by atoms with Crippen molar-refractivity contribution in [1.29, 1.82) is 0 Å². The lowest BCUT2D eigenvalue weighted by Crippen LogP contribution is -2.18. The van der Waals surface area contributed by atoms with Gasteiger partial charge >= 0.3 is 0 Å². The van der Waals surface area contributed by atoms with Crippen molar-refractivity contribution in [3.63, 3.8) is 0 Å². The Labute approximate surface area is 87.5 Å². The lowest BCUT2D eigenvalue weighted by molar-refractivity contribution is 0.343. The van der Waals surface area contributed by atoms with Crippen LogP contribution in [0.15, 0.2) is 10.2 Å². The van der Waals surface area contributed by atoms with Crippen LogP contribution in [0.2, 0.25) is 0 Å². The van der Waals surface area contributed by atoms with Crippen molar-refractivity contribution in [3.05, 3.63) is 0 Å². The smallest absolute Gasteiger partial charge is 0.0405 e. The summed E-state index contributed by atoms with van der Waals surface area (Å²) in [6.45, 7) is 8.43. The van der Waals surface area contributed by atoms with Gasteiger partial charge in [-0.1, -0.05) is 19.8 Å². The van der Waals surface area contributed by atoms with Crippen LogP contribution in [0.3, 0.4) is 0 Å². The van der Waals surface area contributed by atoms with Crippen LogP contribution in [0.4, 0.5) is 0 Å². The first-order chi connectivity index (χ1) is 6.59. The van der Waals surface area contributed by atoms with Gasteiger partial charge in [0, 0.05) is 11.4 Å². The Hall–Kier alpha value is -0.660. The fraction of sp³-hybridized carbons (Fsp3) is 0.833. The summed E-state index contributed by atoms with van der Waals surface area (Å²) < 4.78 is 0. The van der Waals surface area contributed by atoms with Gasteiger partial charge in [-0.05, 0) is 45.4 Å². The van der Waals surface area contributed by atoms with Gasteiger partial charge in [-0.2, -0.15) is 10.2 Å². The van der Waals surface area contributed by atoms with Crippen molar-refractivity contribution < 1.29 is 0 Å². The van der Waals surface area contributed by atoms with E-state index in [9.17, 15) is 0 Å². The van der Waals surface area contributed by atoms with Gasteiger partial charge in [-0.3, -0.25) is 0 Å². The molecule has 80 valence electrons. The molecular weight excluding hydrogens is 172 g/mol. The monoisotopic (exact) mass is 194 g/mol. The molecule has 1 aliphatic carbocycles. The minimum Gasteiger partial charge on any atom is -0.161 e. The molecule has 0 radical (unpaired) electrons. The van der Waals surface area contributed by atoms with Gasteiger partial charge in [0.15, 0.2) is 0 Å². The van der Waals surface area contributed by atoms with Crippen LogP contribution in [0, 0.1) is 11.8 Å². The average Bonchev–Trinajstić information content (AvgIpc) is 2.15. The zero-order chi connectivity index (χ0) is 10.6. The molecule has 0 unspecified atom stereocenters. The average molecular weight is 194 g/mol. The Morgan fingerprint density at radius 2 is 1.50 bits per heavy atom. The molecule has 1 rings (SSSR count). The molecule has 0 spiro atoms. The van der Waals surface area contributed by atoms with Crippen molar-refractivity contribution in [3.8, 4) is 0 Å². The first-order valence-corrected chi connectivity index (χ1v) is 5.65. The van der Waals surface area contributed by atoms with E-state index in [0.717, 1.165) is 11.6 Å². The Morgan fingerprint density at radius 1 is 0.929 bits per heavy atom. The Kier molecular flexibility index (Phi) is 4.30. The molecule has 0 aliphatic heterocycles. The molecule has 1 fully saturated rings. The standard InChI is InChI=1S/C12H22N2/c1-9(2)13-14-11(4)12-7-5-10(3)6-8-12/h10,12H,5-8H2,1-4H3/b14-11+. The van der Waals surface area contributed by atoms with Gasteiger partial charge in [0.2, 0.25) is 0 Å². The highest BCUT2D eigenvalue weighted by Crippen LogP contribution is 2.29. The second-order valence-corrected chi connectivity index (χ2v) is 4.75. The van der Waals surface area contributed by atoms with E-state index in [0.29, 0.717) is 5.92 Å². The molecule has 0 heterocycles. The molecule has 2 heteroatoms. The van der Waals surface area contributed by atoms with Gasteiger partial charge in [-0.25, -0.2) is 0 Å². The molecule has 0 aromatic rings. The SMILES string of the molecule is CC(C)=N/N=C(\C)C1CCC(C)CC1. The molecule has 1 saturated carbocycles. The maximum absolute atomic E-state index is 4.28. The fourth-order valence-corrected chi connectivity index (χ4v) is 1.94. The van der Waals surface area contributed by atoms with Crippen molar-refractivity contribution in [2.45, 2.75) is 53.4 Å². The summed E-state index contributed by atoms with van der Waals surface area (Å²) >= 11 is 0. The van der Waals surface area contributed by atoms with Gasteiger partial charge in [0.05, 0.1) is 0 Å². The highest BCUT2D eigenvalue weighted by Gasteiger charge is 2.20. The maximum Gasteiger partial charge on any atom is 0.0405 e. The predicted octanol–water partition coefficient (Wildman–Crippen LogP) is 3.67. The van der Waals surface area contributed by atoms with Crippen LogP contribution in [0.25, 0.3) is 0 Å². The van der Waals surface area contributed by atoms with Crippen LogP contribution in [0.5, 0.6) is 0 Å². The first kappa shape index (κ1) is 11.4. The largest absolute Gasteiger partial charge is 0.161 e. The molecule has 0 N–H and O–H groups in total. The van der Waals surface area contributed by atoms with Crippen LogP contribution >= 0.6 is 0 Å². The summed E-state index contributed by atoms with van der Waals surface area (Å²) in [5.74, 6) is 1.60. The second kappa shape index (κ2) is 5.28. The molecule has 2 nitrogen and oxygen atoms in total. The van der Waals surface area contributed by atoms with E-state index < -0.39 is 0 Å². The zero-order valence-electron chi connectivity index (χ0n) is 9.88. The van der Waals surface area contributed by atoms with Crippen molar-refractivity contribution in [1.82, 2.24) is 0 Å². The number of hydrogen-bond acceptors (Lipinski definition) is 2. The second-order valence-electron chi connectivity index (χ2n) is 4.75. The lowest BCUT2D eigenvalue weighted by atomic mass is 9.81. The summed E-state index contributed by atoms with van der Waals surface area (Å²) in [5, 5.41) is 8.40. The number of hydrogen-bond donors (Lipinski definition) is 0. The minimum atomic E-state index is 0.689. The van der Waals surface area contributed by atoms with Gasteiger partial charge in [0.25, 0.3) is 0 Å². The van der Waals surface area contributed by atoms with Crippen LogP contribution < -0.4 is 0 Å². The van der Waals surface area contributed by atoms with Crippen molar-refractivity contribution in [2.24, 2.45) is 22.0 Å². The molecule has 0 amide bonds. The Morgan fingerprint density at radius 3 is 2.00 bits per heavy atom. The molecule has 0 saturated heterocycles. The third-order valence-electron chi connectivity index (χ3n) is 3.01. The number of rotatable bonds is 2. The summed E-state index contributed by atoms with van der Waals surface area (Å²) in [7, 11) is 0. The predicted molar refractivity (Wildman–Crippen MR) is 63.0 cm³/mol. The maximum atomic E-state index is 4.28. The number of nitrogens with zero attached hydrogens (tertiary/aromatic N) is 2. The quantitative estimate of drug-likeness (QED) is 0.473.